The number of rotatable bonds is 12. The molecule has 0 aliphatic carbocycles. The summed E-state index contributed by atoms with van der Waals surface area (Å²) in [5, 5.41) is 10.9. The van der Waals surface area contributed by atoms with Gasteiger partial charge in [-0.3, -0.25) is 4.79 Å². The molecule has 0 radical (unpaired) electrons. The molecular weight excluding hydrogens is 527 g/mol. The molecule has 1 N–H and O–H groups in total. The summed E-state index contributed by atoms with van der Waals surface area (Å²) >= 11 is 18.9. The number of carbonyl (C=O) groups excluding carboxylic acids is 1. The minimum absolute atomic E-state index is 0.0315. The van der Waals surface area contributed by atoms with Crippen molar-refractivity contribution in [3.05, 3.63) is 76.3 Å². The molecule has 0 saturated heterocycles. The van der Waals surface area contributed by atoms with Gasteiger partial charge in [-0.15, -0.1) is 11.6 Å². The van der Waals surface area contributed by atoms with Gasteiger partial charge in [0, 0.05) is 24.7 Å². The average Bonchev–Trinajstić information content (AvgIpc) is 3.34. The van der Waals surface area contributed by atoms with Crippen LogP contribution in [0.5, 0.6) is 11.5 Å². The number of esters is 1. The minimum Gasteiger partial charge on any atom is -0.491 e. The number of carbonyl (C=O) groups is 1. The van der Waals surface area contributed by atoms with E-state index in [1.165, 1.54) is 6.92 Å². The SMILES string of the molecule is CC(=O)O[C@H](CCl)COc1c(Cl)cc(C(C)(C)c2ccc(OC[C@H](O)Cn3ccnc3)cc2)cc1Cl. The Hall–Kier alpha value is -2.45. The van der Waals surface area contributed by atoms with E-state index in [0.717, 1.165) is 11.1 Å². The molecule has 7 nitrogen and oxygen atoms in total. The number of halogens is 3. The number of aliphatic hydroxyl groups is 1. The lowest BCUT2D eigenvalue weighted by atomic mass is 9.78. The molecule has 0 aliphatic heterocycles. The van der Waals surface area contributed by atoms with Gasteiger partial charge in [0.2, 0.25) is 0 Å². The maximum absolute atomic E-state index is 11.2. The van der Waals surface area contributed by atoms with Crippen molar-refractivity contribution < 1.29 is 24.1 Å². The Morgan fingerprint density at radius 1 is 1.08 bits per heavy atom. The van der Waals surface area contributed by atoms with Gasteiger partial charge in [-0.1, -0.05) is 49.2 Å². The first-order valence-corrected chi connectivity index (χ1v) is 12.6. The van der Waals surface area contributed by atoms with Gasteiger partial charge in [0.05, 0.1) is 28.8 Å². The average molecular weight is 556 g/mol. The van der Waals surface area contributed by atoms with Crippen molar-refractivity contribution in [1.82, 2.24) is 9.55 Å². The number of aromatic nitrogens is 2. The Morgan fingerprint density at radius 2 is 1.75 bits per heavy atom. The summed E-state index contributed by atoms with van der Waals surface area (Å²) in [4.78, 5) is 15.1. The summed E-state index contributed by atoms with van der Waals surface area (Å²) in [5.41, 5.74) is 1.48. The lowest BCUT2D eigenvalue weighted by Crippen LogP contribution is -2.26. The second-order valence-corrected chi connectivity index (χ2v) is 9.96. The van der Waals surface area contributed by atoms with E-state index in [-0.39, 0.29) is 19.1 Å². The van der Waals surface area contributed by atoms with Crippen molar-refractivity contribution in [1.29, 1.82) is 0 Å². The van der Waals surface area contributed by atoms with Gasteiger partial charge in [-0.2, -0.15) is 0 Å². The third-order valence-electron chi connectivity index (χ3n) is 5.64. The molecule has 10 heteroatoms. The van der Waals surface area contributed by atoms with Crippen LogP contribution >= 0.6 is 34.8 Å². The van der Waals surface area contributed by atoms with Crippen molar-refractivity contribution in [2.75, 3.05) is 19.1 Å². The van der Waals surface area contributed by atoms with Gasteiger partial charge in [-0.05, 0) is 35.4 Å². The highest BCUT2D eigenvalue weighted by Crippen LogP contribution is 2.40. The van der Waals surface area contributed by atoms with Crippen molar-refractivity contribution in [3.8, 4) is 11.5 Å². The standard InChI is InChI=1S/C26H29Cl3N2O5/c1-17(32)36-22(12-27)15-35-25-23(28)10-19(11-24(25)29)26(2,3)18-4-6-21(7-5-18)34-14-20(33)13-31-9-8-30-16-31/h4-11,16,20,22,33H,12-15H2,1-3H3/t20-,22-/m1/s1. The van der Waals surface area contributed by atoms with E-state index in [1.54, 1.807) is 35.4 Å². The Labute approximate surface area is 225 Å². The van der Waals surface area contributed by atoms with Crippen LogP contribution in [0.15, 0.2) is 55.1 Å². The lowest BCUT2D eigenvalue weighted by Gasteiger charge is -2.27. The normalized spacial score (nSPS) is 13.2. The summed E-state index contributed by atoms with van der Waals surface area (Å²) in [7, 11) is 0. The maximum atomic E-state index is 11.2. The molecule has 0 saturated carbocycles. The van der Waals surface area contributed by atoms with E-state index in [1.807, 2.05) is 24.3 Å². The Kier molecular flexibility index (Phi) is 9.91. The van der Waals surface area contributed by atoms with Gasteiger partial charge < -0.3 is 23.9 Å². The number of aliphatic hydroxyl groups excluding tert-OH is 1. The van der Waals surface area contributed by atoms with Crippen LogP contribution < -0.4 is 9.47 Å². The Morgan fingerprint density at radius 3 is 2.31 bits per heavy atom. The molecule has 3 aromatic rings. The molecule has 0 bridgehead atoms. The monoisotopic (exact) mass is 554 g/mol. The fourth-order valence-electron chi connectivity index (χ4n) is 3.60. The van der Waals surface area contributed by atoms with Crippen molar-refractivity contribution >= 4 is 40.8 Å². The van der Waals surface area contributed by atoms with Crippen LogP contribution in [0.3, 0.4) is 0 Å². The first kappa shape index (κ1) is 28.1. The molecule has 0 unspecified atom stereocenters. The Balaban J connectivity index is 1.66. The highest BCUT2D eigenvalue weighted by molar-refractivity contribution is 6.37. The summed E-state index contributed by atoms with van der Waals surface area (Å²) in [5.74, 6) is 0.600. The number of nitrogens with zero attached hydrogens (tertiary/aromatic N) is 2. The molecule has 1 heterocycles. The van der Waals surface area contributed by atoms with Crippen LogP contribution in [0.1, 0.15) is 31.9 Å². The summed E-state index contributed by atoms with van der Waals surface area (Å²) in [6.45, 7) is 6.03. The molecule has 3 rings (SSSR count). The van der Waals surface area contributed by atoms with Crippen molar-refractivity contribution in [2.24, 2.45) is 0 Å². The van der Waals surface area contributed by atoms with Crippen LogP contribution in [0.4, 0.5) is 0 Å². The number of hydrogen-bond donors (Lipinski definition) is 1. The van der Waals surface area contributed by atoms with E-state index in [4.69, 9.17) is 49.0 Å². The minimum atomic E-state index is -0.658. The zero-order valence-corrected chi connectivity index (χ0v) is 22.6. The first-order chi connectivity index (χ1) is 17.1. The molecule has 0 fully saturated rings. The predicted molar refractivity (Wildman–Crippen MR) is 141 cm³/mol. The number of ether oxygens (including phenoxy) is 3. The van der Waals surface area contributed by atoms with Crippen LogP contribution in [-0.4, -0.2) is 51.9 Å². The topological polar surface area (TPSA) is 82.8 Å². The van der Waals surface area contributed by atoms with Crippen LogP contribution in [0.25, 0.3) is 0 Å². The molecule has 0 aliphatic rings. The van der Waals surface area contributed by atoms with E-state index < -0.39 is 23.6 Å². The summed E-state index contributed by atoms with van der Waals surface area (Å²) in [6, 6.07) is 11.3. The molecule has 0 spiro atoms. The second-order valence-electron chi connectivity index (χ2n) is 8.84. The van der Waals surface area contributed by atoms with E-state index in [0.29, 0.717) is 28.1 Å². The van der Waals surface area contributed by atoms with Crippen molar-refractivity contribution in [2.45, 2.75) is 44.9 Å². The molecule has 1 aromatic heterocycles. The largest absolute Gasteiger partial charge is 0.491 e. The molecular formula is C26H29Cl3N2O5. The molecule has 36 heavy (non-hydrogen) atoms. The zero-order chi connectivity index (χ0) is 26.3. The van der Waals surface area contributed by atoms with Gasteiger partial charge in [0.1, 0.15) is 31.2 Å². The fraction of sp³-hybridized carbons (Fsp3) is 0.385. The van der Waals surface area contributed by atoms with Crippen LogP contribution in [0.2, 0.25) is 10.0 Å². The van der Waals surface area contributed by atoms with Gasteiger partial charge >= 0.3 is 5.97 Å². The van der Waals surface area contributed by atoms with Gasteiger partial charge in [0.15, 0.2) is 5.75 Å². The third-order valence-corrected chi connectivity index (χ3v) is 6.54. The maximum Gasteiger partial charge on any atom is 0.303 e. The van der Waals surface area contributed by atoms with E-state index in [2.05, 4.69) is 18.8 Å². The Bertz CT molecular complexity index is 1110. The number of imidazole rings is 1. The number of alkyl halides is 1. The van der Waals surface area contributed by atoms with E-state index in [9.17, 15) is 9.90 Å². The van der Waals surface area contributed by atoms with Crippen LogP contribution in [-0.2, 0) is 21.5 Å². The molecule has 2 aromatic carbocycles. The smallest absolute Gasteiger partial charge is 0.303 e. The number of benzene rings is 2. The summed E-state index contributed by atoms with van der Waals surface area (Å²) < 4.78 is 18.3. The highest BCUT2D eigenvalue weighted by atomic mass is 35.5. The van der Waals surface area contributed by atoms with Crippen LogP contribution in [0, 0.1) is 0 Å². The number of hydrogen-bond acceptors (Lipinski definition) is 6. The summed E-state index contributed by atoms with van der Waals surface area (Å²) in [6.07, 6.45) is 3.83. The van der Waals surface area contributed by atoms with Gasteiger partial charge in [0.25, 0.3) is 0 Å². The van der Waals surface area contributed by atoms with E-state index >= 15 is 0 Å². The molecule has 0 amide bonds. The lowest BCUT2D eigenvalue weighted by molar-refractivity contribution is -0.146. The quantitative estimate of drug-likeness (QED) is 0.235. The van der Waals surface area contributed by atoms with Gasteiger partial charge in [-0.25, -0.2) is 4.98 Å². The first-order valence-electron chi connectivity index (χ1n) is 11.3. The predicted octanol–water partition coefficient (Wildman–Crippen LogP) is 5.51. The zero-order valence-electron chi connectivity index (χ0n) is 20.3. The fourth-order valence-corrected chi connectivity index (χ4v) is 4.35. The molecule has 2 atom stereocenters. The second kappa shape index (κ2) is 12.7. The third kappa shape index (κ3) is 7.53. The highest BCUT2D eigenvalue weighted by Gasteiger charge is 2.26. The van der Waals surface area contributed by atoms with Crippen molar-refractivity contribution in [3.63, 3.8) is 0 Å². The molecule has 194 valence electrons.